The molecule has 4 heterocycles. The number of nitrogens with zero attached hydrogens (tertiary/aromatic N) is 4. The van der Waals surface area contributed by atoms with E-state index in [4.69, 9.17) is 9.84 Å². The van der Waals surface area contributed by atoms with E-state index in [2.05, 4.69) is 55.2 Å². The van der Waals surface area contributed by atoms with Crippen molar-refractivity contribution in [1.82, 2.24) is 52.1 Å². The maximum atomic E-state index is 13.4. The van der Waals surface area contributed by atoms with Gasteiger partial charge in [-0.25, -0.2) is 10.9 Å². The second-order valence-electron chi connectivity index (χ2n) is 22.2. The summed E-state index contributed by atoms with van der Waals surface area (Å²) in [6, 6.07) is 29.1. The molecular formula is C70H84N10O11. The zero-order valence-corrected chi connectivity index (χ0v) is 52.5. The third kappa shape index (κ3) is 21.8. The van der Waals surface area contributed by atoms with Crippen LogP contribution in [0.15, 0.2) is 159 Å². The number of pyridine rings is 2. The van der Waals surface area contributed by atoms with Crippen LogP contribution in [0, 0.1) is 0 Å². The van der Waals surface area contributed by atoms with Crippen LogP contribution in [0.1, 0.15) is 126 Å². The van der Waals surface area contributed by atoms with E-state index in [0.29, 0.717) is 38.8 Å². The Morgan fingerprint density at radius 3 is 1.45 bits per heavy atom. The summed E-state index contributed by atoms with van der Waals surface area (Å²) < 4.78 is 5.80. The Bertz CT molecular complexity index is 3560. The molecule has 8 rings (SSSR count). The first-order valence-corrected chi connectivity index (χ1v) is 30.5. The Labute approximate surface area is 531 Å². The number of fused-ring (bicyclic) bond motifs is 2. The van der Waals surface area contributed by atoms with Crippen LogP contribution in [0.5, 0.6) is 0 Å². The van der Waals surface area contributed by atoms with E-state index in [0.717, 1.165) is 55.2 Å². The molecule has 0 aliphatic carbocycles. The number of hydrogen-bond donors (Lipinski definition) is 8. The average molecular weight is 1240 g/mol. The number of hydrogen-bond acceptors (Lipinski definition) is 14. The Morgan fingerprint density at radius 1 is 0.593 bits per heavy atom. The predicted molar refractivity (Wildman–Crippen MR) is 350 cm³/mol. The summed E-state index contributed by atoms with van der Waals surface area (Å²) in [5, 5.41) is 36.2. The first kappa shape index (κ1) is 70.4. The lowest BCUT2D eigenvalue weighted by molar-refractivity contribution is -0.157. The number of aliphatic hydroxyl groups is 1. The number of nitrogens with one attached hydrogen (secondary N) is 6. The Balaban J connectivity index is 0.000000245. The van der Waals surface area contributed by atoms with Crippen molar-refractivity contribution in [2.45, 2.75) is 141 Å². The highest BCUT2D eigenvalue weighted by Gasteiger charge is 2.35. The van der Waals surface area contributed by atoms with Crippen molar-refractivity contribution in [3.63, 3.8) is 0 Å². The Morgan fingerprint density at radius 2 is 1.02 bits per heavy atom. The van der Waals surface area contributed by atoms with Gasteiger partial charge < -0.3 is 36.2 Å². The summed E-state index contributed by atoms with van der Waals surface area (Å²) in [6.45, 7) is 18.5. The van der Waals surface area contributed by atoms with Gasteiger partial charge in [0.1, 0.15) is 42.4 Å². The van der Waals surface area contributed by atoms with Crippen molar-refractivity contribution in [1.29, 1.82) is 0 Å². The Hall–Kier alpha value is -9.70. The third-order valence-electron chi connectivity index (χ3n) is 15.1. The third-order valence-corrected chi connectivity index (χ3v) is 15.1. The van der Waals surface area contributed by atoms with Crippen LogP contribution in [-0.4, -0.2) is 127 Å². The zero-order valence-electron chi connectivity index (χ0n) is 52.5. The normalized spacial score (nSPS) is 16.6. The number of carbonyl (C=O) groups is 8. The molecule has 2 saturated heterocycles. The summed E-state index contributed by atoms with van der Waals surface area (Å²) in [7, 11) is 0. The second kappa shape index (κ2) is 35.5. The quantitative estimate of drug-likeness (QED) is 0.0224. The predicted octanol–water partition coefficient (Wildman–Crippen LogP) is 7.87. The second-order valence-corrected chi connectivity index (χ2v) is 22.2. The van der Waals surface area contributed by atoms with Crippen LogP contribution in [0.4, 0.5) is 0 Å². The number of carbonyl (C=O) groups excluding carboxylic acids is 7. The molecule has 0 bridgehead atoms. The van der Waals surface area contributed by atoms with E-state index in [1.54, 1.807) is 70.3 Å². The van der Waals surface area contributed by atoms with Crippen molar-refractivity contribution in [3.8, 4) is 0 Å². The highest BCUT2D eigenvalue weighted by molar-refractivity contribution is 5.94. The van der Waals surface area contributed by atoms with Crippen LogP contribution in [0.25, 0.3) is 33.7 Å². The molecule has 2 fully saturated rings. The smallest absolute Gasteiger partial charge is 0.325 e. The topological polar surface area (TPSA) is 291 Å². The number of aliphatic hydroxyl groups excluding tert-OH is 1. The SMILES string of the molecule is C/C=C/CC(=O)N[C@@H](Cc1ccccc1)C(=O)N[C@@H](C)C(=O)N1CCC[C@@H](C(=O)O)N1.C=Cc1cc2cc([C@@H](C)O)ccc2cn1.C=Cc1cc2cc([C@@H](C)OC(=O)[C@@H]3CCCN(C(=O)[C@H](C)NC(=O)[C@H](Cc4ccccc4)NC(=O)C/C=C/C)N3)ccc2cn1. The number of rotatable bonds is 23. The van der Waals surface area contributed by atoms with Gasteiger partial charge in [0.05, 0.1) is 17.5 Å². The van der Waals surface area contributed by atoms with Gasteiger partial charge in [0.2, 0.25) is 23.6 Å². The molecule has 2 aliphatic rings. The number of carboxylic acid groups (broad SMARTS) is 1. The molecule has 0 spiro atoms. The van der Waals surface area contributed by atoms with Crippen LogP contribution in [-0.2, 0) is 55.9 Å². The summed E-state index contributed by atoms with van der Waals surface area (Å²) in [5.74, 6) is -3.86. The van der Waals surface area contributed by atoms with Crippen molar-refractivity contribution in [2.24, 2.45) is 0 Å². The molecule has 0 saturated carbocycles. The first-order valence-electron chi connectivity index (χ1n) is 30.5. The number of carboxylic acids is 1. The minimum atomic E-state index is -1.03. The zero-order chi connectivity index (χ0) is 66.0. The highest BCUT2D eigenvalue weighted by atomic mass is 16.5. The molecule has 480 valence electrons. The van der Waals surface area contributed by atoms with Gasteiger partial charge in [-0.3, -0.25) is 58.3 Å². The minimum Gasteiger partial charge on any atom is -0.480 e. The number of benzene rings is 4. The maximum Gasteiger partial charge on any atom is 0.325 e. The summed E-state index contributed by atoms with van der Waals surface area (Å²) in [4.78, 5) is 110. The van der Waals surface area contributed by atoms with Gasteiger partial charge in [0.25, 0.3) is 11.8 Å². The lowest BCUT2D eigenvalue weighted by Crippen LogP contribution is -2.60. The van der Waals surface area contributed by atoms with Gasteiger partial charge in [-0.2, -0.15) is 0 Å². The fraction of sp³-hybridized carbons (Fsp3) is 0.343. The fourth-order valence-corrected chi connectivity index (χ4v) is 9.95. The monoisotopic (exact) mass is 1240 g/mol. The largest absolute Gasteiger partial charge is 0.480 e. The van der Waals surface area contributed by atoms with Crippen LogP contribution in [0.3, 0.4) is 0 Å². The number of aliphatic carboxylic acids is 1. The molecule has 0 unspecified atom stereocenters. The van der Waals surface area contributed by atoms with Gasteiger partial charge in [0.15, 0.2) is 0 Å². The molecule has 6 aromatic rings. The van der Waals surface area contributed by atoms with Gasteiger partial charge in [0, 0.05) is 61.9 Å². The molecule has 2 aromatic heterocycles. The van der Waals surface area contributed by atoms with E-state index in [1.807, 2.05) is 122 Å². The van der Waals surface area contributed by atoms with E-state index < -0.39 is 84.0 Å². The van der Waals surface area contributed by atoms with E-state index in [1.165, 1.54) is 16.9 Å². The average Bonchev–Trinajstić information content (AvgIpc) is 1.49. The van der Waals surface area contributed by atoms with Crippen molar-refractivity contribution >= 4 is 81.1 Å². The number of hydrazine groups is 2. The highest BCUT2D eigenvalue weighted by Crippen LogP contribution is 2.25. The molecule has 91 heavy (non-hydrogen) atoms. The minimum absolute atomic E-state index is 0.145. The lowest BCUT2D eigenvalue weighted by Gasteiger charge is -2.35. The molecule has 8 N–H and O–H groups in total. The van der Waals surface area contributed by atoms with Gasteiger partial charge in [-0.15, -0.1) is 0 Å². The van der Waals surface area contributed by atoms with Gasteiger partial charge >= 0.3 is 11.9 Å². The summed E-state index contributed by atoms with van der Waals surface area (Å²) in [5.41, 5.74) is 10.8. The molecule has 0 radical (unpaired) electrons. The lowest BCUT2D eigenvalue weighted by atomic mass is 10.0. The van der Waals surface area contributed by atoms with Crippen LogP contribution < -0.4 is 32.1 Å². The number of allylic oxidation sites excluding steroid dienone is 2. The van der Waals surface area contributed by atoms with Crippen LogP contribution in [0.2, 0.25) is 0 Å². The van der Waals surface area contributed by atoms with Gasteiger partial charge in [-0.05, 0) is 137 Å². The fourth-order valence-electron chi connectivity index (χ4n) is 9.95. The summed E-state index contributed by atoms with van der Waals surface area (Å²) >= 11 is 0. The van der Waals surface area contributed by atoms with Crippen molar-refractivity contribution in [3.05, 3.63) is 193 Å². The molecule has 8 atom stereocenters. The van der Waals surface area contributed by atoms with Gasteiger partial charge in [-0.1, -0.05) is 122 Å². The maximum absolute atomic E-state index is 13.4. The first-order chi connectivity index (χ1) is 43.7. The summed E-state index contributed by atoms with van der Waals surface area (Å²) in [6.07, 6.45) is 15.9. The number of aromatic nitrogens is 2. The van der Waals surface area contributed by atoms with Crippen molar-refractivity contribution in [2.75, 3.05) is 13.1 Å². The van der Waals surface area contributed by atoms with E-state index in [-0.39, 0.29) is 37.5 Å². The standard InChI is InChI=1S/C35H41N5O5.C22H30N4O5.C13H13NO/c1-5-7-15-32(41)38-31(19-25-12-9-8-10-13-25)33(42)37-23(3)34(43)40-18-11-14-30(39-40)35(44)45-24(4)26-16-17-27-22-36-29(6-2)21-28(27)20-26;1-3-4-12-19(27)24-18(14-16-9-6-5-7-10-16)20(28)23-15(2)21(29)26-13-8-11-17(25-26)22(30)31;1-3-13-7-12-6-10(9(2)15)4-5-11(12)8-14-13/h5-10,12-13,16-17,20-24,30-31,39H,2,11,14-15,18-19H2,1,3-4H3,(H,37,42)(H,38,41);3-7,9-10,15,17-18,25H,8,11-14H2,1-2H3,(H,23,28)(H,24,27)(H,30,31);3-9,15H,1H2,2H3/b7-5+;4-3+;/t23-,24+,30-,31-;15-,17-,18-;9-/m001/s1. The molecule has 21 heteroatoms. The van der Waals surface area contributed by atoms with Crippen LogP contribution >= 0.6 is 0 Å². The molecular weight excluding hydrogens is 1160 g/mol. The molecule has 4 aromatic carbocycles. The van der Waals surface area contributed by atoms with E-state index >= 15 is 0 Å². The number of esters is 1. The number of ether oxygens (including phenoxy) is 1. The number of amides is 6. The van der Waals surface area contributed by atoms with E-state index in [9.17, 15) is 43.5 Å². The molecule has 21 nitrogen and oxygen atoms in total. The van der Waals surface area contributed by atoms with Crippen molar-refractivity contribution < 1.29 is 53.3 Å². The molecule has 6 amide bonds. The Kier molecular flexibility index (Phi) is 27.4. The molecule has 2 aliphatic heterocycles.